The second-order valence-electron chi connectivity index (χ2n) is 4.89. The molecule has 0 atom stereocenters. The summed E-state index contributed by atoms with van der Waals surface area (Å²) in [6.07, 6.45) is 0. The van der Waals surface area contributed by atoms with Gasteiger partial charge in [-0.1, -0.05) is 29.8 Å². The SMILES string of the molecule is Cc1ccc(N/C(N)=N/c2nc3ccccc3c(=O)[nH]2)cc1. The highest BCUT2D eigenvalue weighted by Crippen LogP contribution is 2.11. The lowest BCUT2D eigenvalue weighted by Crippen LogP contribution is -2.22. The molecule has 0 saturated carbocycles. The summed E-state index contributed by atoms with van der Waals surface area (Å²) in [5.74, 6) is 0.322. The minimum absolute atomic E-state index is 0.155. The quantitative estimate of drug-likeness (QED) is 0.499. The zero-order valence-corrected chi connectivity index (χ0v) is 12.0. The Morgan fingerprint density at radius 3 is 2.68 bits per heavy atom. The van der Waals surface area contributed by atoms with Crippen LogP contribution in [0.4, 0.5) is 11.6 Å². The molecule has 0 aliphatic rings. The van der Waals surface area contributed by atoms with E-state index in [-0.39, 0.29) is 17.5 Å². The summed E-state index contributed by atoms with van der Waals surface area (Å²) >= 11 is 0. The number of guanidine groups is 1. The van der Waals surface area contributed by atoms with Crippen molar-refractivity contribution in [3.8, 4) is 0 Å². The van der Waals surface area contributed by atoms with E-state index in [1.54, 1.807) is 18.2 Å². The maximum absolute atomic E-state index is 12.0. The first-order valence-corrected chi connectivity index (χ1v) is 6.79. The van der Waals surface area contributed by atoms with Gasteiger partial charge in [0.1, 0.15) is 0 Å². The highest BCUT2D eigenvalue weighted by Gasteiger charge is 2.03. The zero-order chi connectivity index (χ0) is 15.5. The molecule has 110 valence electrons. The van der Waals surface area contributed by atoms with Gasteiger partial charge in [-0.15, -0.1) is 0 Å². The molecule has 0 aliphatic heterocycles. The number of para-hydroxylation sites is 1. The van der Waals surface area contributed by atoms with Crippen LogP contribution in [0.25, 0.3) is 10.9 Å². The van der Waals surface area contributed by atoms with Crippen LogP contribution in [0.1, 0.15) is 5.56 Å². The number of aromatic amines is 1. The van der Waals surface area contributed by atoms with Crippen molar-refractivity contribution < 1.29 is 0 Å². The number of anilines is 1. The van der Waals surface area contributed by atoms with Crippen LogP contribution in [0.5, 0.6) is 0 Å². The Kier molecular flexibility index (Phi) is 3.57. The molecule has 0 saturated heterocycles. The number of hydrogen-bond donors (Lipinski definition) is 3. The van der Waals surface area contributed by atoms with E-state index in [1.807, 2.05) is 37.3 Å². The number of hydrogen-bond acceptors (Lipinski definition) is 3. The van der Waals surface area contributed by atoms with Gasteiger partial charge < -0.3 is 11.1 Å². The van der Waals surface area contributed by atoms with Crippen LogP contribution < -0.4 is 16.6 Å². The average Bonchev–Trinajstić information content (AvgIpc) is 2.49. The van der Waals surface area contributed by atoms with Crippen LogP contribution in [0.3, 0.4) is 0 Å². The molecular formula is C16H15N5O. The molecule has 3 aromatic rings. The van der Waals surface area contributed by atoms with Crippen LogP contribution >= 0.6 is 0 Å². The molecule has 6 nitrogen and oxygen atoms in total. The van der Waals surface area contributed by atoms with Gasteiger partial charge in [0, 0.05) is 5.69 Å². The summed E-state index contributed by atoms with van der Waals surface area (Å²) in [6, 6.07) is 14.8. The predicted molar refractivity (Wildman–Crippen MR) is 88.4 cm³/mol. The molecule has 0 amide bonds. The highest BCUT2D eigenvalue weighted by atomic mass is 16.1. The smallest absolute Gasteiger partial charge is 0.260 e. The van der Waals surface area contributed by atoms with Crippen molar-refractivity contribution in [1.29, 1.82) is 0 Å². The number of rotatable bonds is 2. The van der Waals surface area contributed by atoms with Gasteiger partial charge in [-0.05, 0) is 31.2 Å². The Morgan fingerprint density at radius 2 is 1.91 bits per heavy atom. The largest absolute Gasteiger partial charge is 0.369 e. The maximum Gasteiger partial charge on any atom is 0.260 e. The molecule has 0 spiro atoms. The van der Waals surface area contributed by atoms with E-state index in [0.29, 0.717) is 10.9 Å². The van der Waals surface area contributed by atoms with Crippen molar-refractivity contribution in [2.24, 2.45) is 10.7 Å². The summed E-state index contributed by atoms with van der Waals surface area (Å²) in [5, 5.41) is 3.47. The number of nitrogens with one attached hydrogen (secondary N) is 2. The third-order valence-corrected chi connectivity index (χ3v) is 3.15. The minimum atomic E-state index is -0.243. The van der Waals surface area contributed by atoms with Crippen molar-refractivity contribution >= 4 is 28.5 Å². The Hall–Kier alpha value is -3.15. The topological polar surface area (TPSA) is 96.2 Å². The second-order valence-corrected chi connectivity index (χ2v) is 4.89. The molecule has 0 aliphatic carbocycles. The summed E-state index contributed by atoms with van der Waals surface area (Å²) in [4.78, 5) is 22.9. The van der Waals surface area contributed by atoms with E-state index in [9.17, 15) is 4.79 Å². The van der Waals surface area contributed by atoms with Crippen molar-refractivity contribution in [2.75, 3.05) is 5.32 Å². The van der Waals surface area contributed by atoms with Crippen molar-refractivity contribution in [3.63, 3.8) is 0 Å². The van der Waals surface area contributed by atoms with Crippen LogP contribution in [0.2, 0.25) is 0 Å². The third-order valence-electron chi connectivity index (χ3n) is 3.15. The average molecular weight is 293 g/mol. The minimum Gasteiger partial charge on any atom is -0.369 e. The Morgan fingerprint density at radius 1 is 1.18 bits per heavy atom. The van der Waals surface area contributed by atoms with E-state index in [2.05, 4.69) is 20.3 Å². The zero-order valence-electron chi connectivity index (χ0n) is 12.0. The molecule has 6 heteroatoms. The molecule has 1 heterocycles. The molecule has 0 radical (unpaired) electrons. The standard InChI is InChI=1S/C16H15N5O/c1-10-6-8-11(9-7-10)18-15(17)21-16-19-13-5-3-2-4-12(13)14(22)20-16/h2-9H,1H3,(H4,17,18,19,20,21,22). The Balaban J connectivity index is 1.90. The number of nitrogens with two attached hydrogens (primary N) is 1. The number of aryl methyl sites for hydroxylation is 1. The van der Waals surface area contributed by atoms with E-state index < -0.39 is 0 Å². The Bertz CT molecular complexity index is 896. The van der Waals surface area contributed by atoms with Gasteiger partial charge in [-0.25, -0.2) is 4.98 Å². The van der Waals surface area contributed by atoms with Gasteiger partial charge in [-0.3, -0.25) is 9.78 Å². The lowest BCUT2D eigenvalue weighted by atomic mass is 10.2. The van der Waals surface area contributed by atoms with Gasteiger partial charge in [0.2, 0.25) is 11.9 Å². The lowest BCUT2D eigenvalue weighted by Gasteiger charge is -2.05. The van der Waals surface area contributed by atoms with Crippen molar-refractivity contribution in [1.82, 2.24) is 9.97 Å². The fourth-order valence-corrected chi connectivity index (χ4v) is 2.05. The Labute approximate surface area is 126 Å². The number of nitrogens with zero attached hydrogens (tertiary/aromatic N) is 2. The number of benzene rings is 2. The molecule has 1 aromatic heterocycles. The molecular weight excluding hydrogens is 278 g/mol. The number of aliphatic imine (C=N–C) groups is 1. The number of fused-ring (bicyclic) bond motifs is 1. The normalized spacial score (nSPS) is 11.6. The first kappa shape index (κ1) is 13.8. The first-order chi connectivity index (χ1) is 10.6. The molecule has 3 rings (SSSR count). The van der Waals surface area contributed by atoms with Gasteiger partial charge in [0.15, 0.2) is 0 Å². The van der Waals surface area contributed by atoms with E-state index >= 15 is 0 Å². The summed E-state index contributed by atoms with van der Waals surface area (Å²) in [5.41, 5.74) is 8.15. The maximum atomic E-state index is 12.0. The van der Waals surface area contributed by atoms with Crippen LogP contribution in [0, 0.1) is 6.92 Å². The highest BCUT2D eigenvalue weighted by molar-refractivity contribution is 5.93. The number of H-pyrrole nitrogens is 1. The van der Waals surface area contributed by atoms with Crippen LogP contribution in [-0.2, 0) is 0 Å². The van der Waals surface area contributed by atoms with Gasteiger partial charge in [0.05, 0.1) is 10.9 Å². The van der Waals surface area contributed by atoms with Crippen LogP contribution in [0.15, 0.2) is 58.3 Å². The monoisotopic (exact) mass is 293 g/mol. The summed E-state index contributed by atoms with van der Waals surface area (Å²) in [7, 11) is 0. The molecule has 0 unspecified atom stereocenters. The second kappa shape index (κ2) is 5.69. The third kappa shape index (κ3) is 2.95. The molecule has 2 aromatic carbocycles. The summed E-state index contributed by atoms with van der Waals surface area (Å²) in [6.45, 7) is 2.00. The fraction of sp³-hybridized carbons (Fsp3) is 0.0625. The lowest BCUT2D eigenvalue weighted by molar-refractivity contribution is 1.13. The van der Waals surface area contributed by atoms with Gasteiger partial charge >= 0.3 is 0 Å². The van der Waals surface area contributed by atoms with Crippen molar-refractivity contribution in [3.05, 3.63) is 64.4 Å². The first-order valence-electron chi connectivity index (χ1n) is 6.79. The molecule has 0 fully saturated rings. The molecule has 4 N–H and O–H groups in total. The van der Waals surface area contributed by atoms with Gasteiger partial charge in [-0.2, -0.15) is 4.99 Å². The summed E-state index contributed by atoms with van der Waals surface area (Å²) < 4.78 is 0. The van der Waals surface area contributed by atoms with Crippen LogP contribution in [-0.4, -0.2) is 15.9 Å². The van der Waals surface area contributed by atoms with Crippen molar-refractivity contribution in [2.45, 2.75) is 6.92 Å². The fourth-order valence-electron chi connectivity index (χ4n) is 2.05. The van der Waals surface area contributed by atoms with E-state index in [1.165, 1.54) is 0 Å². The number of aromatic nitrogens is 2. The van der Waals surface area contributed by atoms with E-state index in [0.717, 1.165) is 11.3 Å². The molecule has 22 heavy (non-hydrogen) atoms. The molecule has 0 bridgehead atoms. The van der Waals surface area contributed by atoms with E-state index in [4.69, 9.17) is 5.73 Å². The van der Waals surface area contributed by atoms with Gasteiger partial charge in [0.25, 0.3) is 5.56 Å². The predicted octanol–water partition coefficient (Wildman–Crippen LogP) is 2.29.